The molecule has 0 heterocycles. The molecule has 1 aliphatic carbocycles. The Labute approximate surface area is 145 Å². The summed E-state index contributed by atoms with van der Waals surface area (Å²) in [6.07, 6.45) is 1.14. The summed E-state index contributed by atoms with van der Waals surface area (Å²) in [6.45, 7) is 0.115. The predicted molar refractivity (Wildman–Crippen MR) is 90.0 cm³/mol. The van der Waals surface area contributed by atoms with E-state index < -0.39 is 21.4 Å². The Hall–Kier alpha value is -2.25. The third-order valence-corrected chi connectivity index (χ3v) is 6.41. The molecule has 132 valence electrons. The molecule has 0 unspecified atom stereocenters. The SMILES string of the molecule is CN(Cc1ccc(F)cc1)S(=O)(=O)c1ccc(C2(C(=O)O)CC2)cc1. The van der Waals surface area contributed by atoms with Crippen LogP contribution < -0.4 is 0 Å². The van der Waals surface area contributed by atoms with Crippen LogP contribution in [-0.4, -0.2) is 30.8 Å². The molecule has 0 aliphatic heterocycles. The van der Waals surface area contributed by atoms with Crippen LogP contribution in [0.15, 0.2) is 53.4 Å². The van der Waals surface area contributed by atoms with E-state index in [0.717, 1.165) is 0 Å². The first-order valence-electron chi connectivity index (χ1n) is 7.80. The topological polar surface area (TPSA) is 74.7 Å². The van der Waals surface area contributed by atoms with Crippen molar-refractivity contribution in [3.05, 3.63) is 65.5 Å². The Balaban J connectivity index is 1.79. The fraction of sp³-hybridized carbons (Fsp3) is 0.278. The number of carboxylic acid groups (broad SMARTS) is 1. The summed E-state index contributed by atoms with van der Waals surface area (Å²) in [4.78, 5) is 11.4. The van der Waals surface area contributed by atoms with E-state index in [2.05, 4.69) is 0 Å². The largest absolute Gasteiger partial charge is 0.481 e. The van der Waals surface area contributed by atoms with Gasteiger partial charge in [-0.1, -0.05) is 24.3 Å². The number of halogens is 1. The van der Waals surface area contributed by atoms with Crippen molar-refractivity contribution in [2.75, 3.05) is 7.05 Å². The van der Waals surface area contributed by atoms with Crippen LogP contribution in [0.1, 0.15) is 24.0 Å². The lowest BCUT2D eigenvalue weighted by atomic mass is 9.96. The molecule has 0 saturated heterocycles. The van der Waals surface area contributed by atoms with Crippen molar-refractivity contribution in [3.63, 3.8) is 0 Å². The molecule has 2 aromatic carbocycles. The summed E-state index contributed by atoms with van der Waals surface area (Å²) in [5, 5.41) is 9.31. The standard InChI is InChI=1S/C18H18FNO4S/c1-20(12-13-2-6-15(19)7-3-13)25(23,24)16-8-4-14(5-9-16)18(10-11-18)17(21)22/h2-9H,10-12H2,1H3,(H,21,22). The van der Waals surface area contributed by atoms with Crippen LogP contribution in [0, 0.1) is 5.82 Å². The summed E-state index contributed by atoms with van der Waals surface area (Å²) >= 11 is 0. The minimum Gasteiger partial charge on any atom is -0.481 e. The average molecular weight is 363 g/mol. The van der Waals surface area contributed by atoms with Gasteiger partial charge in [0, 0.05) is 13.6 Å². The number of sulfonamides is 1. The van der Waals surface area contributed by atoms with Crippen molar-refractivity contribution in [1.82, 2.24) is 4.31 Å². The fourth-order valence-electron chi connectivity index (χ4n) is 2.81. The smallest absolute Gasteiger partial charge is 0.314 e. The van der Waals surface area contributed by atoms with Gasteiger partial charge in [0.2, 0.25) is 10.0 Å². The van der Waals surface area contributed by atoms with E-state index in [4.69, 9.17) is 0 Å². The summed E-state index contributed by atoms with van der Waals surface area (Å²) in [6, 6.07) is 11.7. The highest BCUT2D eigenvalue weighted by Gasteiger charge is 2.51. The second kappa shape index (κ2) is 6.24. The van der Waals surface area contributed by atoms with E-state index in [0.29, 0.717) is 24.0 Å². The number of hydrogen-bond donors (Lipinski definition) is 1. The number of nitrogens with zero attached hydrogens (tertiary/aromatic N) is 1. The van der Waals surface area contributed by atoms with Gasteiger partial charge < -0.3 is 5.11 Å². The van der Waals surface area contributed by atoms with Gasteiger partial charge in [0.25, 0.3) is 0 Å². The Kier molecular flexibility index (Phi) is 4.38. The van der Waals surface area contributed by atoms with Gasteiger partial charge in [-0.3, -0.25) is 4.79 Å². The lowest BCUT2D eigenvalue weighted by molar-refractivity contribution is -0.140. The van der Waals surface area contributed by atoms with Crippen LogP contribution in [-0.2, 0) is 26.8 Å². The molecule has 3 rings (SSSR count). The first kappa shape index (κ1) is 17.6. The molecule has 0 aromatic heterocycles. The van der Waals surface area contributed by atoms with Crippen LogP contribution >= 0.6 is 0 Å². The highest BCUT2D eigenvalue weighted by Crippen LogP contribution is 2.48. The van der Waals surface area contributed by atoms with E-state index in [1.165, 1.54) is 47.8 Å². The highest BCUT2D eigenvalue weighted by atomic mass is 32.2. The molecule has 0 amide bonds. The number of benzene rings is 2. The fourth-order valence-corrected chi connectivity index (χ4v) is 3.97. The van der Waals surface area contributed by atoms with E-state index in [9.17, 15) is 22.7 Å². The summed E-state index contributed by atoms with van der Waals surface area (Å²) in [5.41, 5.74) is 0.439. The van der Waals surface area contributed by atoms with Crippen molar-refractivity contribution < 1.29 is 22.7 Å². The Morgan fingerprint density at radius 3 is 2.16 bits per heavy atom. The van der Waals surface area contributed by atoms with Crippen molar-refractivity contribution in [2.45, 2.75) is 29.7 Å². The molecule has 7 heteroatoms. The van der Waals surface area contributed by atoms with Gasteiger partial charge in [-0.15, -0.1) is 0 Å². The van der Waals surface area contributed by atoms with Crippen LogP contribution in [0.5, 0.6) is 0 Å². The monoisotopic (exact) mass is 363 g/mol. The molecule has 0 bridgehead atoms. The average Bonchev–Trinajstić information content (AvgIpc) is 3.39. The van der Waals surface area contributed by atoms with Crippen molar-refractivity contribution in [2.24, 2.45) is 0 Å². The highest BCUT2D eigenvalue weighted by molar-refractivity contribution is 7.89. The molecule has 1 saturated carbocycles. The number of hydrogen-bond acceptors (Lipinski definition) is 3. The maximum Gasteiger partial charge on any atom is 0.314 e. The van der Waals surface area contributed by atoms with Gasteiger partial charge in [0.05, 0.1) is 10.3 Å². The molecular weight excluding hydrogens is 345 g/mol. The lowest BCUT2D eigenvalue weighted by Crippen LogP contribution is -2.26. The minimum absolute atomic E-state index is 0.0991. The normalized spacial score (nSPS) is 16.0. The van der Waals surface area contributed by atoms with Crippen molar-refractivity contribution in [1.29, 1.82) is 0 Å². The molecule has 2 aromatic rings. The zero-order valence-electron chi connectivity index (χ0n) is 13.6. The van der Waals surface area contributed by atoms with E-state index >= 15 is 0 Å². The second-order valence-corrected chi connectivity index (χ2v) is 8.34. The van der Waals surface area contributed by atoms with E-state index in [1.54, 1.807) is 12.1 Å². The molecule has 1 aliphatic rings. The molecule has 5 nitrogen and oxygen atoms in total. The summed E-state index contributed by atoms with van der Waals surface area (Å²) < 4.78 is 39.4. The summed E-state index contributed by atoms with van der Waals surface area (Å²) in [7, 11) is -2.27. The number of rotatable bonds is 6. The van der Waals surface area contributed by atoms with E-state index in [-0.39, 0.29) is 17.3 Å². The second-order valence-electron chi connectivity index (χ2n) is 6.30. The van der Waals surface area contributed by atoms with Crippen molar-refractivity contribution in [3.8, 4) is 0 Å². The molecular formula is C18H18FNO4S. The number of aliphatic carboxylic acids is 1. The first-order chi connectivity index (χ1) is 11.8. The lowest BCUT2D eigenvalue weighted by Gasteiger charge is -2.18. The molecule has 1 N–H and O–H groups in total. The number of carbonyl (C=O) groups is 1. The van der Waals surface area contributed by atoms with Gasteiger partial charge in [0.15, 0.2) is 0 Å². The maximum atomic E-state index is 12.9. The molecule has 1 fully saturated rings. The van der Waals surface area contributed by atoms with Crippen LogP contribution in [0.25, 0.3) is 0 Å². The third-order valence-electron chi connectivity index (χ3n) is 4.59. The number of carboxylic acids is 1. The molecule has 25 heavy (non-hydrogen) atoms. The van der Waals surface area contributed by atoms with Crippen LogP contribution in [0.2, 0.25) is 0 Å². The summed E-state index contributed by atoms with van der Waals surface area (Å²) in [5.74, 6) is -1.26. The van der Waals surface area contributed by atoms with Gasteiger partial charge in [0.1, 0.15) is 5.82 Å². The van der Waals surface area contributed by atoms with Gasteiger partial charge in [-0.25, -0.2) is 12.8 Å². The zero-order chi connectivity index (χ0) is 18.2. The minimum atomic E-state index is -3.72. The Bertz CT molecular complexity index is 888. The first-order valence-corrected chi connectivity index (χ1v) is 9.24. The zero-order valence-corrected chi connectivity index (χ0v) is 14.5. The third kappa shape index (κ3) is 3.29. The van der Waals surface area contributed by atoms with Gasteiger partial charge in [-0.05, 0) is 48.2 Å². The Morgan fingerprint density at radius 1 is 1.12 bits per heavy atom. The van der Waals surface area contributed by atoms with Gasteiger partial charge >= 0.3 is 5.97 Å². The molecule has 0 spiro atoms. The predicted octanol–water partition coefficient (Wildman–Crippen LogP) is 2.76. The van der Waals surface area contributed by atoms with Crippen LogP contribution in [0.4, 0.5) is 4.39 Å². The van der Waals surface area contributed by atoms with E-state index in [1.807, 2.05) is 0 Å². The molecule has 0 radical (unpaired) electrons. The van der Waals surface area contributed by atoms with Crippen molar-refractivity contribution >= 4 is 16.0 Å². The van der Waals surface area contributed by atoms with Gasteiger partial charge in [-0.2, -0.15) is 4.31 Å². The van der Waals surface area contributed by atoms with Crippen LogP contribution in [0.3, 0.4) is 0 Å². The quantitative estimate of drug-likeness (QED) is 0.856. The molecule has 0 atom stereocenters. The maximum absolute atomic E-state index is 12.9. The Morgan fingerprint density at radius 2 is 1.68 bits per heavy atom.